The van der Waals surface area contributed by atoms with Gasteiger partial charge >= 0.3 is 6.03 Å². The molecule has 4 rings (SSSR count). The molecule has 1 aliphatic rings. The van der Waals surface area contributed by atoms with Crippen LogP contribution < -0.4 is 10.6 Å². The highest BCUT2D eigenvalue weighted by Gasteiger charge is 2.38. The van der Waals surface area contributed by atoms with Crippen molar-refractivity contribution in [2.45, 2.75) is 25.6 Å². The Hall–Kier alpha value is -3.75. The molecule has 3 aromatic rings. The zero-order valence-electron chi connectivity index (χ0n) is 14.9. The molecule has 0 unspecified atom stereocenters. The van der Waals surface area contributed by atoms with Crippen molar-refractivity contribution >= 4 is 23.5 Å². The molecule has 1 atom stereocenters. The van der Waals surface area contributed by atoms with Crippen LogP contribution in [0.3, 0.4) is 0 Å². The smallest absolute Gasteiger partial charge is 0.325 e. The molecule has 1 saturated heterocycles. The number of hydrogen-bond acceptors (Lipinski definition) is 5. The van der Waals surface area contributed by atoms with E-state index in [1.54, 1.807) is 10.6 Å². The lowest BCUT2D eigenvalue weighted by Gasteiger charge is -2.13. The van der Waals surface area contributed by atoms with Gasteiger partial charge in [0, 0.05) is 6.20 Å². The molecule has 28 heavy (non-hydrogen) atoms. The highest BCUT2D eigenvalue weighted by molar-refractivity contribution is 6.05. The maximum absolute atomic E-state index is 12.5. The van der Waals surface area contributed by atoms with Gasteiger partial charge in [0.15, 0.2) is 11.5 Å². The number of amides is 4. The summed E-state index contributed by atoms with van der Waals surface area (Å²) >= 11 is 0. The van der Waals surface area contributed by atoms with Crippen molar-refractivity contribution in [2.75, 3.05) is 0 Å². The van der Waals surface area contributed by atoms with Gasteiger partial charge in [0.05, 0.1) is 19.5 Å². The first kappa shape index (κ1) is 17.7. The summed E-state index contributed by atoms with van der Waals surface area (Å²) in [6.45, 7) is 0.349. The zero-order valence-corrected chi connectivity index (χ0v) is 14.9. The monoisotopic (exact) mass is 378 g/mol. The van der Waals surface area contributed by atoms with Gasteiger partial charge in [-0.2, -0.15) is 0 Å². The molecule has 1 aromatic carbocycles. The molecule has 9 nitrogen and oxygen atoms in total. The number of aromatic nitrogens is 3. The van der Waals surface area contributed by atoms with Gasteiger partial charge < -0.3 is 10.6 Å². The van der Waals surface area contributed by atoms with Gasteiger partial charge in [-0.1, -0.05) is 36.4 Å². The van der Waals surface area contributed by atoms with Crippen LogP contribution in [0.15, 0.2) is 54.7 Å². The van der Waals surface area contributed by atoms with E-state index in [2.05, 4.69) is 20.8 Å². The number of pyridine rings is 1. The lowest BCUT2D eigenvalue weighted by molar-refractivity contribution is -0.131. The van der Waals surface area contributed by atoms with Gasteiger partial charge in [-0.05, 0) is 17.7 Å². The summed E-state index contributed by atoms with van der Waals surface area (Å²) in [6, 6.07) is 13.4. The Morgan fingerprint density at radius 2 is 1.86 bits per heavy atom. The Bertz CT molecular complexity index is 1030. The van der Waals surface area contributed by atoms with Crippen LogP contribution in [0.2, 0.25) is 0 Å². The molecule has 9 heteroatoms. The number of imide groups is 1. The third-order valence-electron chi connectivity index (χ3n) is 4.51. The lowest BCUT2D eigenvalue weighted by Crippen LogP contribution is -2.36. The van der Waals surface area contributed by atoms with Gasteiger partial charge in [-0.25, -0.2) is 4.79 Å². The summed E-state index contributed by atoms with van der Waals surface area (Å²) in [7, 11) is 0. The van der Waals surface area contributed by atoms with Crippen LogP contribution in [0.25, 0.3) is 5.65 Å². The van der Waals surface area contributed by atoms with Crippen molar-refractivity contribution in [3.05, 3.63) is 66.1 Å². The summed E-state index contributed by atoms with van der Waals surface area (Å²) in [4.78, 5) is 38.0. The number of urea groups is 1. The molecular weight excluding hydrogens is 360 g/mol. The predicted molar refractivity (Wildman–Crippen MR) is 98.8 cm³/mol. The number of nitrogens with one attached hydrogen (secondary N) is 2. The van der Waals surface area contributed by atoms with Gasteiger partial charge in [-0.3, -0.25) is 18.9 Å². The van der Waals surface area contributed by atoms with Crippen molar-refractivity contribution in [1.82, 2.24) is 30.1 Å². The zero-order chi connectivity index (χ0) is 19.5. The van der Waals surface area contributed by atoms with E-state index >= 15 is 0 Å². The molecule has 3 heterocycles. The number of rotatable bonds is 6. The summed E-state index contributed by atoms with van der Waals surface area (Å²) in [6.07, 6.45) is 1.67. The van der Waals surface area contributed by atoms with E-state index in [0.717, 1.165) is 10.5 Å². The van der Waals surface area contributed by atoms with E-state index in [-0.39, 0.29) is 25.4 Å². The Balaban J connectivity index is 1.34. The SMILES string of the molecule is O=C(C[C@@H]1NC(=O)N(Cc2ccccc2)C1=O)NCc1nnc2ccccn12. The molecule has 2 N–H and O–H groups in total. The van der Waals surface area contributed by atoms with Crippen molar-refractivity contribution in [3.63, 3.8) is 0 Å². The minimum absolute atomic E-state index is 0.132. The van der Waals surface area contributed by atoms with E-state index in [9.17, 15) is 14.4 Å². The number of benzene rings is 1. The fourth-order valence-electron chi connectivity index (χ4n) is 3.08. The average molecular weight is 378 g/mol. The summed E-state index contributed by atoms with van der Waals surface area (Å²) in [5.74, 6) is -0.179. The Morgan fingerprint density at radius 3 is 2.68 bits per heavy atom. The summed E-state index contributed by atoms with van der Waals surface area (Å²) in [5, 5.41) is 13.3. The fourth-order valence-corrected chi connectivity index (χ4v) is 3.08. The van der Waals surface area contributed by atoms with Crippen molar-refractivity contribution in [3.8, 4) is 0 Å². The topological polar surface area (TPSA) is 109 Å². The van der Waals surface area contributed by atoms with Crippen LogP contribution in [0, 0.1) is 0 Å². The second kappa shape index (κ2) is 7.47. The van der Waals surface area contributed by atoms with E-state index in [1.165, 1.54) is 0 Å². The van der Waals surface area contributed by atoms with Crippen LogP contribution in [0.1, 0.15) is 17.8 Å². The molecule has 1 aliphatic heterocycles. The minimum atomic E-state index is -0.869. The Morgan fingerprint density at radius 1 is 1.07 bits per heavy atom. The number of carbonyl (C=O) groups is 3. The van der Waals surface area contributed by atoms with Crippen LogP contribution in [0.5, 0.6) is 0 Å². The maximum Gasteiger partial charge on any atom is 0.325 e. The van der Waals surface area contributed by atoms with Crippen LogP contribution >= 0.6 is 0 Å². The number of fused-ring (bicyclic) bond motifs is 1. The standard InChI is InChI=1S/C19H18N6O3/c26-17(20-11-16-23-22-15-8-4-5-9-24(15)16)10-14-18(27)25(19(28)21-14)12-13-6-2-1-3-7-13/h1-9,14H,10-12H2,(H,20,26)(H,21,28)/t14-/m0/s1. The predicted octanol–water partition coefficient (Wildman–Crippen LogP) is 0.856. The van der Waals surface area contributed by atoms with E-state index < -0.39 is 18.0 Å². The largest absolute Gasteiger partial charge is 0.349 e. The quantitative estimate of drug-likeness (QED) is 0.619. The summed E-state index contributed by atoms with van der Waals surface area (Å²) < 4.78 is 1.77. The fraction of sp³-hybridized carbons (Fsp3) is 0.211. The second-order valence-electron chi connectivity index (χ2n) is 6.44. The van der Waals surface area contributed by atoms with Crippen molar-refractivity contribution < 1.29 is 14.4 Å². The highest BCUT2D eigenvalue weighted by Crippen LogP contribution is 2.14. The Kier molecular flexibility index (Phi) is 4.71. The molecule has 0 saturated carbocycles. The molecular formula is C19H18N6O3. The van der Waals surface area contributed by atoms with Crippen LogP contribution in [-0.4, -0.2) is 43.4 Å². The summed E-state index contributed by atoms with van der Waals surface area (Å²) in [5.41, 5.74) is 1.52. The average Bonchev–Trinajstić information content (AvgIpc) is 3.23. The molecule has 0 radical (unpaired) electrons. The molecule has 1 fully saturated rings. The first-order chi connectivity index (χ1) is 13.6. The van der Waals surface area contributed by atoms with Crippen LogP contribution in [-0.2, 0) is 22.7 Å². The first-order valence-corrected chi connectivity index (χ1v) is 8.83. The number of hydrogen-bond donors (Lipinski definition) is 2. The molecule has 142 valence electrons. The van der Waals surface area contributed by atoms with Crippen LogP contribution in [0.4, 0.5) is 4.79 Å². The highest BCUT2D eigenvalue weighted by atomic mass is 16.2. The van der Waals surface area contributed by atoms with Crippen molar-refractivity contribution in [1.29, 1.82) is 0 Å². The van der Waals surface area contributed by atoms with E-state index in [0.29, 0.717) is 11.5 Å². The number of carbonyl (C=O) groups excluding carboxylic acids is 3. The third kappa shape index (κ3) is 3.54. The normalized spacial score (nSPS) is 16.4. The van der Waals surface area contributed by atoms with Gasteiger partial charge in [-0.15, -0.1) is 10.2 Å². The first-order valence-electron chi connectivity index (χ1n) is 8.83. The minimum Gasteiger partial charge on any atom is -0.349 e. The molecule has 0 bridgehead atoms. The lowest BCUT2D eigenvalue weighted by atomic mass is 10.1. The molecule has 2 aromatic heterocycles. The third-order valence-corrected chi connectivity index (χ3v) is 4.51. The Labute approximate surface area is 160 Å². The molecule has 4 amide bonds. The van der Waals surface area contributed by atoms with E-state index in [1.807, 2.05) is 48.5 Å². The van der Waals surface area contributed by atoms with Gasteiger partial charge in [0.1, 0.15) is 6.04 Å². The molecule has 0 spiro atoms. The second-order valence-corrected chi connectivity index (χ2v) is 6.44. The van der Waals surface area contributed by atoms with Crippen molar-refractivity contribution in [2.24, 2.45) is 0 Å². The molecule has 0 aliphatic carbocycles. The maximum atomic E-state index is 12.5. The van der Waals surface area contributed by atoms with Gasteiger partial charge in [0.25, 0.3) is 5.91 Å². The number of nitrogens with zero attached hydrogens (tertiary/aromatic N) is 4. The van der Waals surface area contributed by atoms with Gasteiger partial charge in [0.2, 0.25) is 5.91 Å². The van der Waals surface area contributed by atoms with E-state index in [4.69, 9.17) is 0 Å².